The zero-order chi connectivity index (χ0) is 16.7. The van der Waals surface area contributed by atoms with E-state index in [1.165, 1.54) is 5.56 Å². The molecule has 0 atom stereocenters. The van der Waals surface area contributed by atoms with E-state index >= 15 is 0 Å². The first kappa shape index (κ1) is 16.7. The van der Waals surface area contributed by atoms with E-state index in [-0.39, 0.29) is 12.5 Å². The Labute approximate surface area is 137 Å². The Morgan fingerprint density at radius 3 is 2.57 bits per heavy atom. The van der Waals surface area contributed by atoms with Gasteiger partial charge in [-0.25, -0.2) is 0 Å². The molecule has 2 aromatic rings. The van der Waals surface area contributed by atoms with Crippen LogP contribution in [0, 0.1) is 13.8 Å². The lowest BCUT2D eigenvalue weighted by molar-refractivity contribution is -0.120. The summed E-state index contributed by atoms with van der Waals surface area (Å²) in [5, 5.41) is 6.64. The van der Waals surface area contributed by atoms with E-state index in [0.717, 1.165) is 28.8 Å². The second-order valence-electron chi connectivity index (χ2n) is 5.47. The summed E-state index contributed by atoms with van der Waals surface area (Å²) in [6.07, 6.45) is 2.61. The van der Waals surface area contributed by atoms with Crippen LogP contribution in [0.5, 0.6) is 0 Å². The van der Waals surface area contributed by atoms with Gasteiger partial charge in [-0.2, -0.15) is 0 Å². The number of nitrogens with one attached hydrogen (secondary N) is 1. The molecule has 0 aliphatic rings. The SMILES string of the molecule is CCc1ccc(/C=N\OCC(=O)Nc2ccc(C)cc2C)cc1. The van der Waals surface area contributed by atoms with Gasteiger partial charge in [-0.3, -0.25) is 4.79 Å². The van der Waals surface area contributed by atoms with E-state index in [9.17, 15) is 4.79 Å². The molecule has 4 heteroatoms. The monoisotopic (exact) mass is 310 g/mol. The maximum Gasteiger partial charge on any atom is 0.265 e. The molecular formula is C19H22N2O2. The van der Waals surface area contributed by atoms with Crippen molar-refractivity contribution in [1.82, 2.24) is 0 Å². The highest BCUT2D eigenvalue weighted by atomic mass is 16.6. The fourth-order valence-corrected chi connectivity index (χ4v) is 2.17. The van der Waals surface area contributed by atoms with Crippen molar-refractivity contribution in [3.05, 3.63) is 64.7 Å². The molecule has 0 saturated carbocycles. The number of oxime groups is 1. The number of aryl methyl sites for hydroxylation is 3. The molecule has 0 saturated heterocycles. The van der Waals surface area contributed by atoms with E-state index in [4.69, 9.17) is 4.84 Å². The quantitative estimate of drug-likeness (QED) is 0.650. The lowest BCUT2D eigenvalue weighted by atomic mass is 10.1. The summed E-state index contributed by atoms with van der Waals surface area (Å²) in [6.45, 7) is 5.97. The molecule has 0 heterocycles. The van der Waals surface area contributed by atoms with E-state index < -0.39 is 0 Å². The first-order valence-corrected chi connectivity index (χ1v) is 7.70. The fourth-order valence-electron chi connectivity index (χ4n) is 2.17. The minimum absolute atomic E-state index is 0.114. The van der Waals surface area contributed by atoms with Crippen molar-refractivity contribution < 1.29 is 9.63 Å². The first-order valence-electron chi connectivity index (χ1n) is 7.70. The van der Waals surface area contributed by atoms with Gasteiger partial charge < -0.3 is 10.2 Å². The Morgan fingerprint density at radius 2 is 1.91 bits per heavy atom. The summed E-state index contributed by atoms with van der Waals surface area (Å²) in [5.41, 5.74) is 5.20. The standard InChI is InChI=1S/C19H22N2O2/c1-4-16-6-8-17(9-7-16)12-20-23-13-19(22)21-18-10-5-14(2)11-15(18)3/h5-12H,4,13H2,1-3H3,(H,21,22)/b20-12-. The molecule has 0 aliphatic carbocycles. The number of amides is 1. The molecule has 0 bridgehead atoms. The topological polar surface area (TPSA) is 50.7 Å². The number of carbonyl (C=O) groups excluding carboxylic acids is 1. The van der Waals surface area contributed by atoms with Crippen molar-refractivity contribution in [2.45, 2.75) is 27.2 Å². The van der Waals surface area contributed by atoms with Gasteiger partial charge in [-0.15, -0.1) is 0 Å². The number of nitrogens with zero attached hydrogens (tertiary/aromatic N) is 1. The molecule has 0 radical (unpaired) electrons. The number of carbonyl (C=O) groups is 1. The molecule has 1 amide bonds. The van der Waals surface area contributed by atoms with Crippen molar-refractivity contribution in [3.63, 3.8) is 0 Å². The Hall–Kier alpha value is -2.62. The summed E-state index contributed by atoms with van der Waals surface area (Å²) in [5.74, 6) is -0.226. The lowest BCUT2D eigenvalue weighted by Crippen LogP contribution is -2.17. The van der Waals surface area contributed by atoms with Crippen molar-refractivity contribution in [1.29, 1.82) is 0 Å². The molecule has 0 unspecified atom stereocenters. The van der Waals surface area contributed by atoms with Gasteiger partial charge in [0.25, 0.3) is 5.91 Å². The predicted molar refractivity (Wildman–Crippen MR) is 93.9 cm³/mol. The van der Waals surface area contributed by atoms with Crippen molar-refractivity contribution in [3.8, 4) is 0 Å². The highest BCUT2D eigenvalue weighted by molar-refractivity contribution is 5.92. The summed E-state index contributed by atoms with van der Waals surface area (Å²) >= 11 is 0. The number of rotatable bonds is 6. The van der Waals surface area contributed by atoms with Crippen LogP contribution in [0.15, 0.2) is 47.6 Å². The van der Waals surface area contributed by atoms with Crippen LogP contribution in [0.2, 0.25) is 0 Å². The van der Waals surface area contributed by atoms with Crippen molar-refractivity contribution >= 4 is 17.8 Å². The summed E-state index contributed by atoms with van der Waals surface area (Å²) in [6, 6.07) is 13.9. The normalized spacial score (nSPS) is 10.7. The Morgan fingerprint density at radius 1 is 1.17 bits per heavy atom. The number of hydrogen-bond donors (Lipinski definition) is 1. The second kappa shape index (κ2) is 8.13. The molecule has 120 valence electrons. The first-order chi connectivity index (χ1) is 11.1. The number of anilines is 1. The van der Waals surface area contributed by atoms with Crippen LogP contribution in [0.25, 0.3) is 0 Å². The molecule has 2 aromatic carbocycles. The van der Waals surface area contributed by atoms with Gasteiger partial charge in [0.2, 0.25) is 0 Å². The van der Waals surface area contributed by atoms with Crippen LogP contribution >= 0.6 is 0 Å². The van der Waals surface area contributed by atoms with Gasteiger partial charge in [0.15, 0.2) is 6.61 Å². The van der Waals surface area contributed by atoms with Gasteiger partial charge in [0.05, 0.1) is 6.21 Å². The average molecular weight is 310 g/mol. The molecule has 23 heavy (non-hydrogen) atoms. The van der Waals surface area contributed by atoms with Gasteiger partial charge >= 0.3 is 0 Å². The van der Waals surface area contributed by atoms with E-state index in [1.807, 2.05) is 56.3 Å². The van der Waals surface area contributed by atoms with E-state index in [2.05, 4.69) is 17.4 Å². The minimum atomic E-state index is -0.226. The zero-order valence-electron chi connectivity index (χ0n) is 13.8. The Kier molecular flexibility index (Phi) is 5.92. The van der Waals surface area contributed by atoms with Gasteiger partial charge in [-0.05, 0) is 43.0 Å². The minimum Gasteiger partial charge on any atom is -0.386 e. The lowest BCUT2D eigenvalue weighted by Gasteiger charge is -2.08. The molecule has 0 spiro atoms. The fraction of sp³-hybridized carbons (Fsp3) is 0.263. The van der Waals surface area contributed by atoms with Crippen LogP contribution in [-0.2, 0) is 16.1 Å². The largest absolute Gasteiger partial charge is 0.386 e. The Balaban J connectivity index is 1.80. The molecule has 0 aromatic heterocycles. The summed E-state index contributed by atoms with van der Waals surface area (Å²) in [7, 11) is 0. The van der Waals surface area contributed by atoms with Gasteiger partial charge in [0, 0.05) is 5.69 Å². The van der Waals surface area contributed by atoms with Crippen LogP contribution in [0.4, 0.5) is 5.69 Å². The van der Waals surface area contributed by atoms with Crippen LogP contribution < -0.4 is 5.32 Å². The van der Waals surface area contributed by atoms with Crippen LogP contribution in [-0.4, -0.2) is 18.7 Å². The molecular weight excluding hydrogens is 288 g/mol. The molecule has 4 nitrogen and oxygen atoms in total. The van der Waals surface area contributed by atoms with Gasteiger partial charge in [-0.1, -0.05) is 54.0 Å². The number of hydrogen-bond acceptors (Lipinski definition) is 3. The van der Waals surface area contributed by atoms with Crippen LogP contribution in [0.3, 0.4) is 0 Å². The second-order valence-corrected chi connectivity index (χ2v) is 5.47. The van der Waals surface area contributed by atoms with Crippen molar-refractivity contribution in [2.75, 3.05) is 11.9 Å². The maximum atomic E-state index is 11.8. The third-order valence-electron chi connectivity index (χ3n) is 3.52. The third kappa shape index (κ3) is 5.25. The maximum absolute atomic E-state index is 11.8. The molecule has 0 aliphatic heterocycles. The third-order valence-corrected chi connectivity index (χ3v) is 3.52. The molecule has 0 fully saturated rings. The van der Waals surface area contributed by atoms with Gasteiger partial charge in [0.1, 0.15) is 0 Å². The number of benzene rings is 2. The summed E-state index contributed by atoms with van der Waals surface area (Å²) in [4.78, 5) is 16.9. The predicted octanol–water partition coefficient (Wildman–Crippen LogP) is 3.86. The summed E-state index contributed by atoms with van der Waals surface area (Å²) < 4.78 is 0. The highest BCUT2D eigenvalue weighted by Gasteiger charge is 2.05. The smallest absolute Gasteiger partial charge is 0.265 e. The zero-order valence-corrected chi connectivity index (χ0v) is 13.8. The highest BCUT2D eigenvalue weighted by Crippen LogP contribution is 2.15. The molecule has 2 rings (SSSR count). The average Bonchev–Trinajstić information content (AvgIpc) is 2.55. The van der Waals surface area contributed by atoms with Crippen molar-refractivity contribution in [2.24, 2.45) is 5.16 Å². The van der Waals surface area contributed by atoms with E-state index in [0.29, 0.717) is 0 Å². The van der Waals surface area contributed by atoms with E-state index in [1.54, 1.807) is 6.21 Å². The Bertz CT molecular complexity index is 691. The molecule has 1 N–H and O–H groups in total. The van der Waals surface area contributed by atoms with Crippen LogP contribution in [0.1, 0.15) is 29.2 Å².